The van der Waals surface area contributed by atoms with E-state index in [0.717, 1.165) is 4.57 Å². The molecule has 3 rings (SSSR count). The van der Waals surface area contributed by atoms with Crippen LogP contribution in [-0.2, 0) is 16.1 Å². The number of nitrogens with one attached hydrogen (secondary N) is 1. The predicted molar refractivity (Wildman–Crippen MR) is 88.6 cm³/mol. The number of anilines is 1. The number of imidazole rings is 1. The molecule has 0 aromatic carbocycles. The van der Waals surface area contributed by atoms with Gasteiger partial charge in [0.05, 0.1) is 19.0 Å². The molecule has 2 aromatic heterocycles. The number of amides is 1. The van der Waals surface area contributed by atoms with Crippen molar-refractivity contribution in [1.29, 1.82) is 0 Å². The van der Waals surface area contributed by atoms with Crippen LogP contribution in [-0.4, -0.2) is 61.1 Å². The van der Waals surface area contributed by atoms with E-state index in [0.29, 0.717) is 13.0 Å². The lowest BCUT2D eigenvalue weighted by atomic mass is 10.2. The molecule has 0 aliphatic carbocycles. The van der Waals surface area contributed by atoms with Crippen molar-refractivity contribution < 1.29 is 19.7 Å². The molecule has 3 N–H and O–H groups in total. The van der Waals surface area contributed by atoms with Crippen molar-refractivity contribution in [1.82, 2.24) is 19.1 Å². The predicted octanol–water partition coefficient (Wildman–Crippen LogP) is -1.96. The molecule has 1 aliphatic heterocycles. The maximum atomic E-state index is 12.1. The van der Waals surface area contributed by atoms with Gasteiger partial charge in [-0.3, -0.25) is 19.1 Å². The van der Waals surface area contributed by atoms with Crippen LogP contribution in [0, 0.1) is 0 Å². The number of aliphatic hydroxyl groups is 2. The van der Waals surface area contributed by atoms with Crippen molar-refractivity contribution in [3.05, 3.63) is 45.8 Å². The highest BCUT2D eigenvalue weighted by Gasteiger charge is 2.35. The number of aliphatic hydroxyl groups excluding tert-OH is 2. The van der Waals surface area contributed by atoms with Gasteiger partial charge in [0.1, 0.15) is 18.0 Å². The van der Waals surface area contributed by atoms with Gasteiger partial charge in [-0.1, -0.05) is 0 Å². The monoisotopic (exact) mass is 365 g/mol. The first-order chi connectivity index (χ1) is 12.5. The molecule has 1 aliphatic rings. The SMILES string of the molecule is O=CN(CCn1ccnc1)c1cn([C@H]2C[C@H](O)[C@@H](CO)O2)c(=O)[nH]c1=O. The summed E-state index contributed by atoms with van der Waals surface area (Å²) in [4.78, 5) is 42.9. The molecule has 140 valence electrons. The fourth-order valence-electron chi connectivity index (χ4n) is 2.82. The van der Waals surface area contributed by atoms with Crippen LogP contribution in [0.15, 0.2) is 34.5 Å². The molecule has 3 atom stereocenters. The van der Waals surface area contributed by atoms with Crippen LogP contribution in [0.3, 0.4) is 0 Å². The molecule has 0 unspecified atom stereocenters. The standard InChI is InChI=1S/C15H19N5O6/c21-7-12-11(23)5-13(26-12)20-6-10(14(24)17-15(20)25)19(9-22)4-3-18-2-1-16-8-18/h1-2,6,8-9,11-13,21,23H,3-5,7H2,(H,17,24,25)/t11-,12+,13+/m0/s1. The maximum absolute atomic E-state index is 12.1. The minimum Gasteiger partial charge on any atom is -0.394 e. The van der Waals surface area contributed by atoms with Crippen LogP contribution < -0.4 is 16.1 Å². The Bertz CT molecular complexity index is 860. The molecule has 1 amide bonds. The van der Waals surface area contributed by atoms with Gasteiger partial charge in [0.25, 0.3) is 5.56 Å². The van der Waals surface area contributed by atoms with Gasteiger partial charge in [0.2, 0.25) is 6.41 Å². The summed E-state index contributed by atoms with van der Waals surface area (Å²) in [6, 6.07) is 0. The minimum atomic E-state index is -0.935. The summed E-state index contributed by atoms with van der Waals surface area (Å²) >= 11 is 0. The Labute approximate surface area is 147 Å². The summed E-state index contributed by atoms with van der Waals surface area (Å²) in [5.41, 5.74) is -1.46. The third-order valence-corrected chi connectivity index (χ3v) is 4.24. The first kappa shape index (κ1) is 18.0. The summed E-state index contributed by atoms with van der Waals surface area (Å²) in [5.74, 6) is 0. The molecule has 0 radical (unpaired) electrons. The van der Waals surface area contributed by atoms with Gasteiger partial charge >= 0.3 is 5.69 Å². The Morgan fingerprint density at radius 1 is 1.46 bits per heavy atom. The molecule has 26 heavy (non-hydrogen) atoms. The Hall–Kier alpha value is -2.76. The second-order valence-electron chi connectivity index (χ2n) is 5.90. The van der Waals surface area contributed by atoms with E-state index in [-0.39, 0.29) is 18.7 Å². The number of H-pyrrole nitrogens is 1. The van der Waals surface area contributed by atoms with E-state index >= 15 is 0 Å². The first-order valence-electron chi connectivity index (χ1n) is 8.01. The van der Waals surface area contributed by atoms with Gasteiger partial charge in [-0.25, -0.2) is 9.78 Å². The van der Waals surface area contributed by atoms with E-state index < -0.39 is 36.3 Å². The number of nitrogens with zero attached hydrogens (tertiary/aromatic N) is 4. The Morgan fingerprint density at radius 3 is 2.88 bits per heavy atom. The van der Waals surface area contributed by atoms with Gasteiger partial charge < -0.3 is 24.4 Å². The van der Waals surface area contributed by atoms with Crippen molar-refractivity contribution in [2.24, 2.45) is 0 Å². The number of aromatic amines is 1. The molecule has 0 spiro atoms. The number of carbonyl (C=O) groups is 1. The molecular weight excluding hydrogens is 346 g/mol. The average Bonchev–Trinajstić information content (AvgIpc) is 3.26. The van der Waals surface area contributed by atoms with E-state index in [9.17, 15) is 19.5 Å². The normalized spacial score (nSPS) is 22.5. The molecule has 1 saturated heterocycles. The molecule has 1 fully saturated rings. The number of ether oxygens (including phenoxy) is 1. The summed E-state index contributed by atoms with van der Waals surface area (Å²) in [7, 11) is 0. The van der Waals surface area contributed by atoms with Gasteiger partial charge in [-0.15, -0.1) is 0 Å². The molecule has 11 nitrogen and oxygen atoms in total. The van der Waals surface area contributed by atoms with Crippen LogP contribution >= 0.6 is 0 Å². The van der Waals surface area contributed by atoms with Crippen molar-refractivity contribution in [3.8, 4) is 0 Å². The van der Waals surface area contributed by atoms with Gasteiger partial charge in [-0.05, 0) is 0 Å². The fraction of sp³-hybridized carbons (Fsp3) is 0.467. The second-order valence-corrected chi connectivity index (χ2v) is 5.90. The highest BCUT2D eigenvalue weighted by Crippen LogP contribution is 2.27. The zero-order chi connectivity index (χ0) is 18.7. The largest absolute Gasteiger partial charge is 0.394 e. The minimum absolute atomic E-state index is 0.0229. The van der Waals surface area contributed by atoms with Crippen molar-refractivity contribution in [2.45, 2.75) is 31.4 Å². The zero-order valence-corrected chi connectivity index (χ0v) is 13.8. The lowest BCUT2D eigenvalue weighted by molar-refractivity contribution is -0.107. The molecule has 2 aromatic rings. The smallest absolute Gasteiger partial charge is 0.330 e. The fourth-order valence-corrected chi connectivity index (χ4v) is 2.82. The average molecular weight is 365 g/mol. The second kappa shape index (κ2) is 7.64. The van der Waals surface area contributed by atoms with Crippen LogP contribution in [0.4, 0.5) is 5.69 Å². The van der Waals surface area contributed by atoms with Crippen molar-refractivity contribution >= 4 is 12.1 Å². The molecular formula is C15H19N5O6. The number of carbonyl (C=O) groups excluding carboxylic acids is 1. The summed E-state index contributed by atoms with van der Waals surface area (Å²) < 4.78 is 8.28. The third kappa shape index (κ3) is 3.59. The lowest BCUT2D eigenvalue weighted by Gasteiger charge is -2.20. The molecule has 11 heteroatoms. The number of aromatic nitrogens is 4. The highest BCUT2D eigenvalue weighted by molar-refractivity contribution is 5.73. The zero-order valence-electron chi connectivity index (χ0n) is 13.8. The van der Waals surface area contributed by atoms with E-state index in [2.05, 4.69) is 9.97 Å². The van der Waals surface area contributed by atoms with E-state index in [1.165, 1.54) is 11.1 Å². The maximum Gasteiger partial charge on any atom is 0.330 e. The summed E-state index contributed by atoms with van der Waals surface area (Å²) in [5, 5.41) is 19.0. The number of hydrogen-bond donors (Lipinski definition) is 3. The third-order valence-electron chi connectivity index (χ3n) is 4.24. The van der Waals surface area contributed by atoms with E-state index in [1.54, 1.807) is 23.3 Å². The van der Waals surface area contributed by atoms with Crippen molar-refractivity contribution in [2.75, 3.05) is 18.1 Å². The topological polar surface area (TPSA) is 143 Å². The molecule has 0 bridgehead atoms. The quantitative estimate of drug-likeness (QED) is 0.483. The van der Waals surface area contributed by atoms with Crippen LogP contribution in [0.25, 0.3) is 0 Å². The summed E-state index contributed by atoms with van der Waals surface area (Å²) in [6.45, 7) is 0.199. The van der Waals surface area contributed by atoms with Crippen LogP contribution in [0.2, 0.25) is 0 Å². The Balaban J connectivity index is 1.86. The van der Waals surface area contributed by atoms with Gasteiger partial charge in [-0.2, -0.15) is 0 Å². The number of rotatable bonds is 7. The van der Waals surface area contributed by atoms with Gasteiger partial charge in [0, 0.05) is 38.1 Å². The van der Waals surface area contributed by atoms with E-state index in [4.69, 9.17) is 9.84 Å². The number of hydrogen-bond acceptors (Lipinski definition) is 7. The van der Waals surface area contributed by atoms with Crippen LogP contribution in [0.5, 0.6) is 0 Å². The van der Waals surface area contributed by atoms with Crippen molar-refractivity contribution in [3.63, 3.8) is 0 Å². The highest BCUT2D eigenvalue weighted by atomic mass is 16.5. The molecule has 0 saturated carbocycles. The van der Waals surface area contributed by atoms with E-state index in [1.807, 2.05) is 0 Å². The Morgan fingerprint density at radius 2 is 2.27 bits per heavy atom. The molecule has 3 heterocycles. The summed E-state index contributed by atoms with van der Waals surface area (Å²) in [6.07, 6.45) is 4.09. The lowest BCUT2D eigenvalue weighted by Crippen LogP contribution is -2.38. The first-order valence-corrected chi connectivity index (χ1v) is 8.01. The Kier molecular flexibility index (Phi) is 5.30. The van der Waals surface area contributed by atoms with Gasteiger partial charge in [0.15, 0.2) is 0 Å². The van der Waals surface area contributed by atoms with Crippen LogP contribution in [0.1, 0.15) is 12.6 Å².